The fraction of sp³-hybridized carbons (Fsp3) is 0.368. The maximum atomic E-state index is 3.52. The molecule has 0 fully saturated rings. The highest BCUT2D eigenvalue weighted by atomic mass is 15.1. The van der Waals surface area contributed by atoms with Crippen LogP contribution in [0, 0.1) is 0 Å². The van der Waals surface area contributed by atoms with Crippen molar-refractivity contribution in [1.29, 1.82) is 0 Å². The fourth-order valence-corrected chi connectivity index (χ4v) is 2.79. The number of hydrogen-bond acceptors (Lipinski definition) is 2. The minimum Gasteiger partial charge on any atom is -0.374 e. The van der Waals surface area contributed by atoms with E-state index < -0.39 is 0 Å². The molecule has 2 aromatic carbocycles. The monoisotopic (exact) mass is 282 g/mol. The second-order valence-electron chi connectivity index (χ2n) is 5.90. The standard InChI is InChI=1S/C19H26N2/c1-4-20-15-19(2,17-11-7-5-8-12-17)16-21(3)18-13-9-6-10-14-18/h5-14,20H,4,15-16H2,1-3H3. The molecule has 1 atom stereocenters. The highest BCUT2D eigenvalue weighted by Gasteiger charge is 2.27. The molecule has 2 nitrogen and oxygen atoms in total. The van der Waals surface area contributed by atoms with E-state index in [4.69, 9.17) is 0 Å². The lowest BCUT2D eigenvalue weighted by molar-refractivity contribution is 0.438. The molecule has 0 aromatic heterocycles. The van der Waals surface area contributed by atoms with E-state index in [0.29, 0.717) is 0 Å². The van der Waals surface area contributed by atoms with Crippen LogP contribution < -0.4 is 10.2 Å². The maximum absolute atomic E-state index is 3.52. The molecule has 2 heteroatoms. The highest BCUT2D eigenvalue weighted by molar-refractivity contribution is 5.46. The first kappa shape index (κ1) is 15.6. The molecule has 0 radical (unpaired) electrons. The number of likely N-dealkylation sites (N-methyl/N-ethyl adjacent to an activating group) is 2. The second-order valence-corrected chi connectivity index (χ2v) is 5.90. The summed E-state index contributed by atoms with van der Waals surface area (Å²) in [6, 6.07) is 21.4. The van der Waals surface area contributed by atoms with Gasteiger partial charge >= 0.3 is 0 Å². The summed E-state index contributed by atoms with van der Waals surface area (Å²) in [6.45, 7) is 7.45. The summed E-state index contributed by atoms with van der Waals surface area (Å²) in [7, 11) is 2.17. The van der Waals surface area contributed by atoms with E-state index in [1.807, 2.05) is 0 Å². The number of nitrogens with zero attached hydrogens (tertiary/aromatic N) is 1. The third-order valence-corrected chi connectivity index (χ3v) is 4.02. The maximum Gasteiger partial charge on any atom is 0.0363 e. The lowest BCUT2D eigenvalue weighted by atomic mass is 9.81. The third kappa shape index (κ3) is 4.08. The average molecular weight is 282 g/mol. The summed E-state index contributed by atoms with van der Waals surface area (Å²) in [6.07, 6.45) is 0. The molecule has 2 aromatic rings. The van der Waals surface area contributed by atoms with Gasteiger partial charge in [-0.05, 0) is 24.2 Å². The van der Waals surface area contributed by atoms with E-state index in [2.05, 4.69) is 91.8 Å². The van der Waals surface area contributed by atoms with Gasteiger partial charge in [-0.3, -0.25) is 0 Å². The molecule has 0 saturated carbocycles. The molecule has 0 saturated heterocycles. The zero-order valence-corrected chi connectivity index (χ0v) is 13.3. The first-order valence-corrected chi connectivity index (χ1v) is 7.68. The molecule has 0 aliphatic rings. The van der Waals surface area contributed by atoms with Gasteiger partial charge in [-0.1, -0.05) is 62.4 Å². The number of anilines is 1. The predicted octanol–water partition coefficient (Wildman–Crippen LogP) is 3.69. The molecule has 0 heterocycles. The lowest BCUT2D eigenvalue weighted by Gasteiger charge is -2.35. The Morgan fingerprint density at radius 2 is 1.52 bits per heavy atom. The molecule has 2 rings (SSSR count). The van der Waals surface area contributed by atoms with Crippen molar-refractivity contribution in [3.63, 3.8) is 0 Å². The van der Waals surface area contributed by atoms with E-state index in [1.54, 1.807) is 0 Å². The normalized spacial score (nSPS) is 13.7. The van der Waals surface area contributed by atoms with Crippen molar-refractivity contribution in [2.24, 2.45) is 0 Å². The van der Waals surface area contributed by atoms with Crippen LogP contribution in [-0.4, -0.2) is 26.7 Å². The Hall–Kier alpha value is -1.80. The second kappa shape index (κ2) is 7.28. The van der Waals surface area contributed by atoms with Gasteiger partial charge in [0.2, 0.25) is 0 Å². The first-order valence-electron chi connectivity index (χ1n) is 7.68. The minimum atomic E-state index is 0.0852. The van der Waals surface area contributed by atoms with Crippen molar-refractivity contribution < 1.29 is 0 Å². The number of hydrogen-bond donors (Lipinski definition) is 1. The quantitative estimate of drug-likeness (QED) is 0.833. The Balaban J connectivity index is 2.20. The van der Waals surface area contributed by atoms with E-state index in [1.165, 1.54) is 11.3 Å². The number of nitrogens with one attached hydrogen (secondary N) is 1. The van der Waals surface area contributed by atoms with Crippen LogP contribution in [0.15, 0.2) is 60.7 Å². The van der Waals surface area contributed by atoms with Gasteiger partial charge in [0.05, 0.1) is 0 Å². The van der Waals surface area contributed by atoms with Crippen LogP contribution in [0.4, 0.5) is 5.69 Å². The van der Waals surface area contributed by atoms with Crippen molar-refractivity contribution >= 4 is 5.69 Å². The van der Waals surface area contributed by atoms with Gasteiger partial charge in [-0.15, -0.1) is 0 Å². The Bertz CT molecular complexity index is 524. The van der Waals surface area contributed by atoms with Crippen molar-refractivity contribution in [3.05, 3.63) is 66.2 Å². The van der Waals surface area contributed by atoms with Crippen LogP contribution >= 0.6 is 0 Å². The van der Waals surface area contributed by atoms with Crippen molar-refractivity contribution in [1.82, 2.24) is 5.32 Å². The first-order chi connectivity index (χ1) is 10.2. The number of benzene rings is 2. The Labute approximate surface area is 128 Å². The fourth-order valence-electron chi connectivity index (χ4n) is 2.79. The largest absolute Gasteiger partial charge is 0.374 e. The Kier molecular flexibility index (Phi) is 5.40. The van der Waals surface area contributed by atoms with Crippen molar-refractivity contribution in [3.8, 4) is 0 Å². The van der Waals surface area contributed by atoms with Crippen LogP contribution in [0.2, 0.25) is 0 Å². The Morgan fingerprint density at radius 3 is 2.10 bits per heavy atom. The molecular weight excluding hydrogens is 256 g/mol. The molecule has 112 valence electrons. The molecule has 0 bridgehead atoms. The van der Waals surface area contributed by atoms with Crippen LogP contribution in [-0.2, 0) is 5.41 Å². The number of rotatable bonds is 7. The molecule has 1 unspecified atom stereocenters. The van der Waals surface area contributed by atoms with Gasteiger partial charge in [0, 0.05) is 31.2 Å². The van der Waals surface area contributed by atoms with Crippen LogP contribution in [0.5, 0.6) is 0 Å². The summed E-state index contributed by atoms with van der Waals surface area (Å²) in [5.74, 6) is 0. The molecule has 0 amide bonds. The lowest BCUT2D eigenvalue weighted by Crippen LogP contribution is -2.44. The molecule has 1 N–H and O–H groups in total. The van der Waals surface area contributed by atoms with Crippen LogP contribution in [0.3, 0.4) is 0 Å². The zero-order valence-electron chi connectivity index (χ0n) is 13.3. The van der Waals surface area contributed by atoms with Crippen molar-refractivity contribution in [2.45, 2.75) is 19.3 Å². The van der Waals surface area contributed by atoms with Gasteiger partial charge in [0.1, 0.15) is 0 Å². The van der Waals surface area contributed by atoms with Gasteiger partial charge in [-0.2, -0.15) is 0 Å². The van der Waals surface area contributed by atoms with E-state index in [0.717, 1.165) is 19.6 Å². The number of para-hydroxylation sites is 1. The van der Waals surface area contributed by atoms with Crippen molar-refractivity contribution in [2.75, 3.05) is 31.6 Å². The molecule has 21 heavy (non-hydrogen) atoms. The SMILES string of the molecule is CCNCC(C)(CN(C)c1ccccc1)c1ccccc1. The summed E-state index contributed by atoms with van der Waals surface area (Å²) >= 11 is 0. The summed E-state index contributed by atoms with van der Waals surface area (Å²) in [4.78, 5) is 2.34. The van der Waals surface area contributed by atoms with Gasteiger partial charge in [-0.25, -0.2) is 0 Å². The summed E-state index contributed by atoms with van der Waals surface area (Å²) in [5, 5.41) is 3.52. The van der Waals surface area contributed by atoms with Gasteiger partial charge < -0.3 is 10.2 Å². The molecule has 0 aliphatic heterocycles. The minimum absolute atomic E-state index is 0.0852. The highest BCUT2D eigenvalue weighted by Crippen LogP contribution is 2.26. The zero-order chi connectivity index (χ0) is 15.1. The molecule has 0 aliphatic carbocycles. The van der Waals surface area contributed by atoms with Crippen LogP contribution in [0.1, 0.15) is 19.4 Å². The summed E-state index contributed by atoms with van der Waals surface area (Å²) in [5.41, 5.74) is 2.73. The van der Waals surface area contributed by atoms with E-state index in [-0.39, 0.29) is 5.41 Å². The van der Waals surface area contributed by atoms with Gasteiger partial charge in [0.15, 0.2) is 0 Å². The topological polar surface area (TPSA) is 15.3 Å². The predicted molar refractivity (Wildman–Crippen MR) is 92.0 cm³/mol. The molecule has 0 spiro atoms. The third-order valence-electron chi connectivity index (χ3n) is 4.02. The average Bonchev–Trinajstić information content (AvgIpc) is 2.54. The molecular formula is C19H26N2. The van der Waals surface area contributed by atoms with Crippen LogP contribution in [0.25, 0.3) is 0 Å². The summed E-state index contributed by atoms with van der Waals surface area (Å²) < 4.78 is 0. The smallest absolute Gasteiger partial charge is 0.0363 e. The van der Waals surface area contributed by atoms with Gasteiger partial charge in [0.25, 0.3) is 0 Å². The van der Waals surface area contributed by atoms with E-state index >= 15 is 0 Å². The van der Waals surface area contributed by atoms with E-state index in [9.17, 15) is 0 Å². The Morgan fingerprint density at radius 1 is 0.952 bits per heavy atom.